The minimum atomic E-state index is -0.259. The number of rotatable bonds is 2. The largest absolute Gasteiger partial charge is 0.282 e. The molecule has 0 spiro atoms. The van der Waals surface area contributed by atoms with Gasteiger partial charge in [-0.05, 0) is 35.4 Å². The van der Waals surface area contributed by atoms with Gasteiger partial charge in [-0.15, -0.1) is 12.6 Å². The lowest BCUT2D eigenvalue weighted by Crippen LogP contribution is -1.88. The number of halogens is 1. The third kappa shape index (κ3) is 2.31. The molecule has 3 heteroatoms. The summed E-state index contributed by atoms with van der Waals surface area (Å²) in [5.74, 6) is -0.258. The van der Waals surface area contributed by atoms with E-state index in [9.17, 15) is 9.18 Å². The predicted octanol–water partition coefficient (Wildman–Crippen LogP) is 3.56. The summed E-state index contributed by atoms with van der Waals surface area (Å²) in [7, 11) is 0. The smallest absolute Gasteiger partial charge is 0.216 e. The second-order valence-corrected chi connectivity index (χ2v) is 3.80. The van der Waals surface area contributed by atoms with Gasteiger partial charge in [0.2, 0.25) is 5.12 Å². The summed E-state index contributed by atoms with van der Waals surface area (Å²) in [6.45, 7) is 0. The van der Waals surface area contributed by atoms with Crippen LogP contribution in [0.4, 0.5) is 4.39 Å². The maximum Gasteiger partial charge on any atom is 0.216 e. The minimum Gasteiger partial charge on any atom is -0.282 e. The van der Waals surface area contributed by atoms with E-state index in [2.05, 4.69) is 12.6 Å². The standard InChI is InChI=1S/C13H9FOS/c14-12-7-5-10(6-8-12)9-1-3-11(4-2-9)13(15)16/h1-8H,(H,15,16). The van der Waals surface area contributed by atoms with Gasteiger partial charge in [0.05, 0.1) is 0 Å². The van der Waals surface area contributed by atoms with E-state index in [1.54, 1.807) is 24.3 Å². The van der Waals surface area contributed by atoms with Crippen LogP contribution < -0.4 is 0 Å². The molecule has 0 bridgehead atoms. The maximum atomic E-state index is 12.7. The molecule has 2 aromatic carbocycles. The van der Waals surface area contributed by atoms with Crippen LogP contribution >= 0.6 is 12.6 Å². The quantitative estimate of drug-likeness (QED) is 0.783. The first kappa shape index (κ1) is 10.9. The highest BCUT2D eigenvalue weighted by molar-refractivity contribution is 7.97. The Hall–Kier alpha value is -1.61. The Labute approximate surface area is 98.3 Å². The highest BCUT2D eigenvalue weighted by Gasteiger charge is 2.01. The fraction of sp³-hybridized carbons (Fsp3) is 0. The minimum absolute atomic E-state index is 0.258. The summed E-state index contributed by atoms with van der Waals surface area (Å²) in [6.07, 6.45) is 0. The SMILES string of the molecule is O=C(S)c1ccc(-c2ccc(F)cc2)cc1. The molecule has 16 heavy (non-hydrogen) atoms. The van der Waals surface area contributed by atoms with E-state index in [1.165, 1.54) is 12.1 Å². The molecule has 0 amide bonds. The molecule has 0 radical (unpaired) electrons. The summed E-state index contributed by atoms with van der Waals surface area (Å²) >= 11 is 3.73. The molecule has 0 aliphatic carbocycles. The van der Waals surface area contributed by atoms with Crippen LogP contribution in [0.5, 0.6) is 0 Å². The summed E-state index contributed by atoms with van der Waals surface area (Å²) in [5.41, 5.74) is 2.41. The van der Waals surface area contributed by atoms with E-state index in [0.29, 0.717) is 5.56 Å². The average Bonchev–Trinajstić information content (AvgIpc) is 2.30. The van der Waals surface area contributed by atoms with Crippen molar-refractivity contribution in [1.29, 1.82) is 0 Å². The molecule has 0 aromatic heterocycles. The van der Waals surface area contributed by atoms with Gasteiger partial charge in [0, 0.05) is 5.56 Å². The topological polar surface area (TPSA) is 17.1 Å². The van der Waals surface area contributed by atoms with Gasteiger partial charge in [0.25, 0.3) is 0 Å². The van der Waals surface area contributed by atoms with Crippen LogP contribution in [0.25, 0.3) is 11.1 Å². The van der Waals surface area contributed by atoms with Crippen molar-refractivity contribution in [1.82, 2.24) is 0 Å². The van der Waals surface area contributed by atoms with Gasteiger partial charge in [0.15, 0.2) is 0 Å². The maximum absolute atomic E-state index is 12.7. The first-order valence-electron chi connectivity index (χ1n) is 4.76. The number of thiol groups is 1. The first-order valence-corrected chi connectivity index (χ1v) is 5.21. The van der Waals surface area contributed by atoms with Crippen molar-refractivity contribution in [3.05, 3.63) is 59.9 Å². The van der Waals surface area contributed by atoms with Crippen LogP contribution in [-0.2, 0) is 0 Å². The molecule has 0 saturated heterocycles. The zero-order chi connectivity index (χ0) is 11.5. The number of hydrogen-bond acceptors (Lipinski definition) is 1. The Morgan fingerprint density at radius 2 is 1.31 bits per heavy atom. The van der Waals surface area contributed by atoms with Gasteiger partial charge in [-0.25, -0.2) is 4.39 Å². The third-order valence-electron chi connectivity index (χ3n) is 2.31. The summed E-state index contributed by atoms with van der Waals surface area (Å²) < 4.78 is 12.7. The molecule has 0 heterocycles. The van der Waals surface area contributed by atoms with Crippen molar-refractivity contribution >= 4 is 17.7 Å². The second-order valence-electron chi connectivity index (χ2n) is 3.39. The number of hydrogen-bond donors (Lipinski definition) is 1. The molecule has 0 aliphatic rings. The van der Waals surface area contributed by atoms with Crippen LogP contribution in [0.15, 0.2) is 48.5 Å². The first-order chi connectivity index (χ1) is 7.66. The highest BCUT2D eigenvalue weighted by Crippen LogP contribution is 2.20. The van der Waals surface area contributed by atoms with Gasteiger partial charge in [-0.1, -0.05) is 24.3 Å². The Morgan fingerprint density at radius 1 is 0.875 bits per heavy atom. The monoisotopic (exact) mass is 232 g/mol. The lowest BCUT2D eigenvalue weighted by atomic mass is 10.0. The third-order valence-corrected chi connectivity index (χ3v) is 2.57. The van der Waals surface area contributed by atoms with Gasteiger partial charge in [-0.2, -0.15) is 0 Å². The fourth-order valence-corrected chi connectivity index (χ4v) is 1.60. The average molecular weight is 232 g/mol. The zero-order valence-corrected chi connectivity index (χ0v) is 9.25. The van der Waals surface area contributed by atoms with E-state index in [4.69, 9.17) is 0 Å². The van der Waals surface area contributed by atoms with Crippen molar-refractivity contribution in [3.8, 4) is 11.1 Å². The van der Waals surface area contributed by atoms with E-state index < -0.39 is 0 Å². The molecule has 1 nitrogen and oxygen atoms in total. The Kier molecular flexibility index (Phi) is 3.06. The van der Waals surface area contributed by atoms with Crippen LogP contribution in [-0.4, -0.2) is 5.12 Å². The molecule has 0 aliphatic heterocycles. The molecule has 0 saturated carbocycles. The summed E-state index contributed by atoms with van der Waals surface area (Å²) in [4.78, 5) is 11.0. The van der Waals surface area contributed by atoms with Crippen LogP contribution in [0.1, 0.15) is 10.4 Å². The normalized spacial score (nSPS) is 10.1. The number of carbonyl (C=O) groups excluding carboxylic acids is 1. The zero-order valence-electron chi connectivity index (χ0n) is 8.35. The predicted molar refractivity (Wildman–Crippen MR) is 65.2 cm³/mol. The molecule has 2 aromatic rings. The van der Waals surface area contributed by atoms with E-state index >= 15 is 0 Å². The van der Waals surface area contributed by atoms with E-state index in [-0.39, 0.29) is 10.9 Å². The lowest BCUT2D eigenvalue weighted by molar-refractivity contribution is 0.109. The van der Waals surface area contributed by atoms with Gasteiger partial charge in [-0.3, -0.25) is 4.79 Å². The molecule has 80 valence electrons. The Bertz CT molecular complexity index is 502. The van der Waals surface area contributed by atoms with Crippen LogP contribution in [0, 0.1) is 5.82 Å². The molecule has 2 rings (SSSR count). The van der Waals surface area contributed by atoms with E-state index in [1.807, 2.05) is 12.1 Å². The van der Waals surface area contributed by atoms with Crippen molar-refractivity contribution < 1.29 is 9.18 Å². The summed E-state index contributed by atoms with van der Waals surface area (Å²) in [5, 5.41) is -0.259. The van der Waals surface area contributed by atoms with Crippen molar-refractivity contribution in [2.45, 2.75) is 0 Å². The van der Waals surface area contributed by atoms with Crippen LogP contribution in [0.2, 0.25) is 0 Å². The summed E-state index contributed by atoms with van der Waals surface area (Å²) in [6, 6.07) is 13.3. The fourth-order valence-electron chi connectivity index (χ4n) is 1.45. The van der Waals surface area contributed by atoms with Crippen molar-refractivity contribution in [2.24, 2.45) is 0 Å². The van der Waals surface area contributed by atoms with E-state index in [0.717, 1.165) is 11.1 Å². The molecule has 0 atom stereocenters. The molecule has 0 fully saturated rings. The van der Waals surface area contributed by atoms with Gasteiger partial charge >= 0.3 is 0 Å². The van der Waals surface area contributed by atoms with Crippen LogP contribution in [0.3, 0.4) is 0 Å². The van der Waals surface area contributed by atoms with Crippen molar-refractivity contribution in [2.75, 3.05) is 0 Å². The molecule has 0 N–H and O–H groups in total. The highest BCUT2D eigenvalue weighted by atomic mass is 32.1. The Morgan fingerprint density at radius 3 is 1.75 bits per heavy atom. The van der Waals surface area contributed by atoms with Gasteiger partial charge in [0.1, 0.15) is 5.82 Å². The molecular formula is C13H9FOS. The number of benzene rings is 2. The Balaban J connectivity index is 2.34. The van der Waals surface area contributed by atoms with Gasteiger partial charge < -0.3 is 0 Å². The lowest BCUT2D eigenvalue weighted by Gasteiger charge is -2.02. The molecular weight excluding hydrogens is 223 g/mol. The second kappa shape index (κ2) is 4.49. The molecule has 0 unspecified atom stereocenters. The van der Waals surface area contributed by atoms with Crippen molar-refractivity contribution in [3.63, 3.8) is 0 Å². The number of carbonyl (C=O) groups is 1.